The summed E-state index contributed by atoms with van der Waals surface area (Å²) in [6.45, 7) is 0. The number of aliphatic hydroxyl groups is 1. The standard InChI is InChI=1S/C11H13BrO3/c1-14-10-4-2-3-9(12)11(10)15-8-5-7(13)6-8/h2-4,7-8,13H,5-6H2,1H3. The Morgan fingerprint density at radius 1 is 1.40 bits per heavy atom. The highest BCUT2D eigenvalue weighted by atomic mass is 79.9. The van der Waals surface area contributed by atoms with Crippen LogP contribution in [0.3, 0.4) is 0 Å². The summed E-state index contributed by atoms with van der Waals surface area (Å²) < 4.78 is 11.8. The zero-order valence-corrected chi connectivity index (χ0v) is 10.0. The molecule has 1 aliphatic rings. The molecular weight excluding hydrogens is 260 g/mol. The van der Waals surface area contributed by atoms with Crippen molar-refractivity contribution in [3.05, 3.63) is 22.7 Å². The van der Waals surface area contributed by atoms with Crippen LogP contribution in [0, 0.1) is 0 Å². The maximum atomic E-state index is 9.17. The predicted octanol–water partition coefficient (Wildman–Crippen LogP) is 2.36. The van der Waals surface area contributed by atoms with Crippen LogP contribution in [0.5, 0.6) is 11.5 Å². The molecule has 15 heavy (non-hydrogen) atoms. The molecule has 1 aromatic carbocycles. The molecule has 0 saturated heterocycles. The topological polar surface area (TPSA) is 38.7 Å². The highest BCUT2D eigenvalue weighted by Crippen LogP contribution is 2.38. The molecule has 2 rings (SSSR count). The van der Waals surface area contributed by atoms with E-state index in [4.69, 9.17) is 14.6 Å². The van der Waals surface area contributed by atoms with E-state index in [1.165, 1.54) is 0 Å². The summed E-state index contributed by atoms with van der Waals surface area (Å²) in [6.07, 6.45) is 1.30. The molecule has 0 unspecified atom stereocenters. The predicted molar refractivity (Wildman–Crippen MR) is 60.4 cm³/mol. The van der Waals surface area contributed by atoms with Crippen molar-refractivity contribution in [2.45, 2.75) is 25.0 Å². The van der Waals surface area contributed by atoms with Crippen LogP contribution in [0.4, 0.5) is 0 Å². The van der Waals surface area contributed by atoms with E-state index < -0.39 is 0 Å². The molecule has 0 heterocycles. The minimum Gasteiger partial charge on any atom is -0.493 e. The lowest BCUT2D eigenvalue weighted by Crippen LogP contribution is -2.37. The first-order valence-corrected chi connectivity index (χ1v) is 5.67. The van der Waals surface area contributed by atoms with Gasteiger partial charge in [0.05, 0.1) is 17.7 Å². The van der Waals surface area contributed by atoms with E-state index in [2.05, 4.69) is 15.9 Å². The second kappa shape index (κ2) is 4.41. The molecule has 0 spiro atoms. The molecule has 1 fully saturated rings. The smallest absolute Gasteiger partial charge is 0.175 e. The van der Waals surface area contributed by atoms with E-state index in [0.29, 0.717) is 18.6 Å². The van der Waals surface area contributed by atoms with Crippen LogP contribution in [0.1, 0.15) is 12.8 Å². The van der Waals surface area contributed by atoms with Crippen molar-refractivity contribution in [3.8, 4) is 11.5 Å². The van der Waals surface area contributed by atoms with Gasteiger partial charge in [-0.15, -0.1) is 0 Å². The highest BCUT2D eigenvalue weighted by molar-refractivity contribution is 9.10. The minimum absolute atomic E-state index is 0.104. The number of aliphatic hydroxyl groups excluding tert-OH is 1. The first kappa shape index (κ1) is 10.8. The number of hydrogen-bond acceptors (Lipinski definition) is 3. The second-order valence-corrected chi connectivity index (χ2v) is 4.49. The maximum Gasteiger partial charge on any atom is 0.175 e. The Balaban J connectivity index is 2.12. The number of ether oxygens (including phenoxy) is 2. The Morgan fingerprint density at radius 2 is 2.13 bits per heavy atom. The summed E-state index contributed by atoms with van der Waals surface area (Å²) in [6, 6.07) is 5.66. The number of hydrogen-bond donors (Lipinski definition) is 1. The van der Waals surface area contributed by atoms with Gasteiger partial charge in [0.2, 0.25) is 0 Å². The molecule has 0 amide bonds. The first-order valence-electron chi connectivity index (χ1n) is 4.88. The number of benzene rings is 1. The highest BCUT2D eigenvalue weighted by Gasteiger charge is 2.30. The van der Waals surface area contributed by atoms with Crippen LogP contribution in [0.25, 0.3) is 0 Å². The lowest BCUT2D eigenvalue weighted by atomic mass is 9.92. The first-order chi connectivity index (χ1) is 7.20. The van der Waals surface area contributed by atoms with Gasteiger partial charge in [0.15, 0.2) is 11.5 Å². The molecule has 1 aliphatic carbocycles. The SMILES string of the molecule is COc1cccc(Br)c1OC1CC(O)C1. The molecule has 0 bridgehead atoms. The van der Waals surface area contributed by atoms with Crippen LogP contribution in [-0.4, -0.2) is 24.4 Å². The summed E-state index contributed by atoms with van der Waals surface area (Å²) in [5, 5.41) is 9.17. The van der Waals surface area contributed by atoms with E-state index in [0.717, 1.165) is 10.2 Å². The summed E-state index contributed by atoms with van der Waals surface area (Å²) >= 11 is 3.42. The van der Waals surface area contributed by atoms with E-state index in [-0.39, 0.29) is 12.2 Å². The van der Waals surface area contributed by atoms with Crippen LogP contribution in [-0.2, 0) is 0 Å². The molecule has 0 radical (unpaired) electrons. The van der Waals surface area contributed by atoms with Gasteiger partial charge in [0.1, 0.15) is 6.10 Å². The van der Waals surface area contributed by atoms with Crippen LogP contribution in [0.15, 0.2) is 22.7 Å². The van der Waals surface area contributed by atoms with Crippen molar-refractivity contribution in [1.82, 2.24) is 0 Å². The molecule has 0 aromatic heterocycles. The van der Waals surface area contributed by atoms with E-state index in [1.807, 2.05) is 18.2 Å². The van der Waals surface area contributed by atoms with Crippen molar-refractivity contribution < 1.29 is 14.6 Å². The Labute approximate surface area is 97.1 Å². The lowest BCUT2D eigenvalue weighted by molar-refractivity contribution is -0.0121. The van der Waals surface area contributed by atoms with Gasteiger partial charge in [-0.1, -0.05) is 6.07 Å². The quantitative estimate of drug-likeness (QED) is 0.918. The van der Waals surface area contributed by atoms with Crippen LogP contribution >= 0.6 is 15.9 Å². The Bertz CT molecular complexity index is 348. The Hall–Kier alpha value is -0.740. The monoisotopic (exact) mass is 272 g/mol. The number of halogens is 1. The van der Waals surface area contributed by atoms with Crippen molar-refractivity contribution in [2.75, 3.05) is 7.11 Å². The zero-order chi connectivity index (χ0) is 10.8. The van der Waals surface area contributed by atoms with Gasteiger partial charge >= 0.3 is 0 Å². The molecule has 0 aliphatic heterocycles. The van der Waals surface area contributed by atoms with Gasteiger partial charge in [-0.3, -0.25) is 0 Å². The molecule has 82 valence electrons. The van der Waals surface area contributed by atoms with Gasteiger partial charge in [-0.05, 0) is 28.1 Å². The van der Waals surface area contributed by atoms with Crippen LogP contribution in [0.2, 0.25) is 0 Å². The molecule has 3 nitrogen and oxygen atoms in total. The molecule has 1 saturated carbocycles. The third-order valence-corrected chi connectivity index (χ3v) is 3.13. The summed E-state index contributed by atoms with van der Waals surface area (Å²) in [4.78, 5) is 0. The van der Waals surface area contributed by atoms with Gasteiger partial charge < -0.3 is 14.6 Å². The van der Waals surface area contributed by atoms with Gasteiger partial charge in [0.25, 0.3) is 0 Å². The van der Waals surface area contributed by atoms with Crippen molar-refractivity contribution >= 4 is 15.9 Å². The summed E-state index contributed by atoms with van der Waals surface area (Å²) in [5.74, 6) is 1.43. The van der Waals surface area contributed by atoms with Crippen molar-refractivity contribution in [1.29, 1.82) is 0 Å². The molecule has 1 aromatic rings. The van der Waals surface area contributed by atoms with E-state index in [9.17, 15) is 0 Å². The van der Waals surface area contributed by atoms with Gasteiger partial charge in [-0.2, -0.15) is 0 Å². The Morgan fingerprint density at radius 3 is 2.73 bits per heavy atom. The molecule has 1 N–H and O–H groups in total. The average molecular weight is 273 g/mol. The largest absolute Gasteiger partial charge is 0.493 e. The van der Waals surface area contributed by atoms with E-state index >= 15 is 0 Å². The van der Waals surface area contributed by atoms with Gasteiger partial charge in [-0.25, -0.2) is 0 Å². The molecule has 4 heteroatoms. The number of methoxy groups -OCH3 is 1. The minimum atomic E-state index is -0.205. The third kappa shape index (κ3) is 2.26. The average Bonchev–Trinajstić information content (AvgIpc) is 2.18. The lowest BCUT2D eigenvalue weighted by Gasteiger charge is -2.32. The summed E-state index contributed by atoms with van der Waals surface area (Å²) in [5.41, 5.74) is 0. The third-order valence-electron chi connectivity index (χ3n) is 2.51. The van der Waals surface area contributed by atoms with Crippen molar-refractivity contribution in [2.24, 2.45) is 0 Å². The number of para-hydroxylation sites is 1. The summed E-state index contributed by atoms with van der Waals surface area (Å²) in [7, 11) is 1.62. The normalized spacial score (nSPS) is 24.5. The van der Waals surface area contributed by atoms with Gasteiger partial charge in [0, 0.05) is 12.8 Å². The Kier molecular flexibility index (Phi) is 3.17. The number of rotatable bonds is 3. The van der Waals surface area contributed by atoms with Crippen LogP contribution < -0.4 is 9.47 Å². The fourth-order valence-corrected chi connectivity index (χ4v) is 2.01. The zero-order valence-electron chi connectivity index (χ0n) is 8.44. The fourth-order valence-electron chi connectivity index (χ4n) is 1.56. The molecule has 0 atom stereocenters. The maximum absolute atomic E-state index is 9.17. The van der Waals surface area contributed by atoms with E-state index in [1.54, 1.807) is 7.11 Å². The second-order valence-electron chi connectivity index (χ2n) is 3.64. The molecular formula is C11H13BrO3. The fraction of sp³-hybridized carbons (Fsp3) is 0.455. The van der Waals surface area contributed by atoms with Crippen molar-refractivity contribution in [3.63, 3.8) is 0 Å².